The van der Waals surface area contributed by atoms with Gasteiger partial charge in [0.15, 0.2) is 0 Å². The largest absolute Gasteiger partial charge is 0.507 e. The second-order valence-electron chi connectivity index (χ2n) is 5.12. The highest BCUT2D eigenvalue weighted by molar-refractivity contribution is 6.09. The Morgan fingerprint density at radius 3 is 2.79 bits per heavy atom. The van der Waals surface area contributed by atoms with Crippen LogP contribution in [0.3, 0.4) is 0 Å². The van der Waals surface area contributed by atoms with Crippen molar-refractivity contribution in [2.75, 3.05) is 0 Å². The van der Waals surface area contributed by atoms with Gasteiger partial charge in [0, 0.05) is 0 Å². The summed E-state index contributed by atoms with van der Waals surface area (Å²) in [7, 11) is 0. The zero-order valence-electron chi connectivity index (χ0n) is 12.6. The maximum Gasteiger partial charge on any atom is 0.275 e. The van der Waals surface area contributed by atoms with Crippen LogP contribution in [0.5, 0.6) is 5.75 Å². The average molecular weight is 315 g/mol. The van der Waals surface area contributed by atoms with E-state index >= 15 is 0 Å². The first kappa shape index (κ1) is 15.3. The van der Waals surface area contributed by atoms with Gasteiger partial charge in [-0.25, -0.2) is 5.43 Å². The van der Waals surface area contributed by atoms with Crippen LogP contribution in [0.15, 0.2) is 65.8 Å². The average Bonchev–Trinajstić information content (AvgIpc) is 2.61. The molecule has 0 saturated carbocycles. The highest BCUT2D eigenvalue weighted by Gasteiger charge is 2.14. The Balaban J connectivity index is 1.84. The Kier molecular flexibility index (Phi) is 4.21. The van der Waals surface area contributed by atoms with Gasteiger partial charge in [-0.05, 0) is 34.5 Å². The van der Waals surface area contributed by atoms with E-state index in [1.54, 1.807) is 42.5 Å². The summed E-state index contributed by atoms with van der Waals surface area (Å²) in [5, 5.41) is 24.3. The Bertz CT molecular complexity index is 987. The van der Waals surface area contributed by atoms with Gasteiger partial charge in [0.1, 0.15) is 5.75 Å². The highest BCUT2D eigenvalue weighted by Crippen LogP contribution is 2.26. The zero-order chi connectivity index (χ0) is 16.9. The van der Waals surface area contributed by atoms with Crippen LogP contribution in [0, 0.1) is 11.3 Å². The lowest BCUT2D eigenvalue weighted by Crippen LogP contribution is -2.18. The molecule has 5 heteroatoms. The molecule has 0 heterocycles. The number of carbonyl (C=O) groups is 1. The second-order valence-corrected chi connectivity index (χ2v) is 5.12. The summed E-state index contributed by atoms with van der Waals surface area (Å²) >= 11 is 0. The van der Waals surface area contributed by atoms with Crippen LogP contribution in [0.4, 0.5) is 0 Å². The predicted octanol–water partition coefficient (Wildman–Crippen LogP) is 3.18. The second kappa shape index (κ2) is 6.63. The molecule has 3 aromatic rings. The van der Waals surface area contributed by atoms with E-state index in [4.69, 9.17) is 5.26 Å². The molecule has 0 fully saturated rings. The fourth-order valence-electron chi connectivity index (χ4n) is 2.41. The van der Waals surface area contributed by atoms with Crippen molar-refractivity contribution >= 4 is 22.9 Å². The molecule has 24 heavy (non-hydrogen) atoms. The number of hydrogen-bond donors (Lipinski definition) is 2. The van der Waals surface area contributed by atoms with Crippen molar-refractivity contribution in [2.45, 2.75) is 0 Å². The van der Waals surface area contributed by atoms with Crippen molar-refractivity contribution in [2.24, 2.45) is 5.10 Å². The summed E-state index contributed by atoms with van der Waals surface area (Å²) in [4.78, 5) is 12.4. The molecule has 0 bridgehead atoms. The molecule has 0 aliphatic heterocycles. The van der Waals surface area contributed by atoms with Crippen LogP contribution in [-0.2, 0) is 0 Å². The number of amides is 1. The topological polar surface area (TPSA) is 85.5 Å². The Labute approximate surface area is 138 Å². The van der Waals surface area contributed by atoms with Crippen molar-refractivity contribution in [3.63, 3.8) is 0 Å². The molecule has 0 atom stereocenters. The van der Waals surface area contributed by atoms with Gasteiger partial charge < -0.3 is 5.11 Å². The minimum absolute atomic E-state index is 0.104. The molecule has 0 aliphatic carbocycles. The van der Waals surface area contributed by atoms with Gasteiger partial charge in [0.2, 0.25) is 0 Å². The van der Waals surface area contributed by atoms with Gasteiger partial charge in [0.25, 0.3) is 5.91 Å². The number of hydrogen-bond acceptors (Lipinski definition) is 4. The Morgan fingerprint density at radius 1 is 1.12 bits per heavy atom. The van der Waals surface area contributed by atoms with Crippen molar-refractivity contribution in [3.05, 3.63) is 77.4 Å². The third kappa shape index (κ3) is 3.08. The standard InChI is InChI=1S/C19H13N3O2/c20-11-13-4-3-5-14(10-13)12-21-22-19(24)18-16-7-2-1-6-15(16)8-9-17(18)23/h1-10,12,23H,(H,22,24)/b21-12+. The first-order chi connectivity index (χ1) is 11.7. The minimum atomic E-state index is -0.503. The number of nitrogens with zero attached hydrogens (tertiary/aromatic N) is 2. The first-order valence-electron chi connectivity index (χ1n) is 7.23. The normalized spacial score (nSPS) is 10.6. The quantitative estimate of drug-likeness (QED) is 0.575. The Morgan fingerprint density at radius 2 is 1.96 bits per heavy atom. The molecule has 0 radical (unpaired) electrons. The molecule has 0 spiro atoms. The van der Waals surface area contributed by atoms with Crippen molar-refractivity contribution in [3.8, 4) is 11.8 Å². The van der Waals surface area contributed by atoms with Gasteiger partial charge in [-0.2, -0.15) is 10.4 Å². The number of phenols is 1. The molecule has 0 saturated heterocycles. The van der Waals surface area contributed by atoms with Gasteiger partial charge in [-0.1, -0.05) is 42.5 Å². The van der Waals surface area contributed by atoms with E-state index in [-0.39, 0.29) is 11.3 Å². The maximum absolute atomic E-state index is 12.4. The molecular formula is C19H13N3O2. The monoisotopic (exact) mass is 315 g/mol. The van der Waals surface area contributed by atoms with Gasteiger partial charge in [-0.3, -0.25) is 4.79 Å². The molecule has 0 unspecified atom stereocenters. The Hall–Kier alpha value is -3.65. The number of phenolic OH excluding ortho intramolecular Hbond substituents is 1. The number of aromatic hydroxyl groups is 1. The summed E-state index contributed by atoms with van der Waals surface area (Å²) in [5.74, 6) is -0.607. The molecule has 0 aromatic heterocycles. The number of hydrazone groups is 1. The number of rotatable bonds is 3. The van der Waals surface area contributed by atoms with E-state index in [1.807, 2.05) is 18.2 Å². The lowest BCUT2D eigenvalue weighted by atomic mass is 10.0. The summed E-state index contributed by atoms with van der Waals surface area (Å²) < 4.78 is 0. The predicted molar refractivity (Wildman–Crippen MR) is 91.8 cm³/mol. The van der Waals surface area contributed by atoms with E-state index in [0.29, 0.717) is 16.5 Å². The summed E-state index contributed by atoms with van der Waals surface area (Å²) in [5.41, 5.74) is 3.78. The maximum atomic E-state index is 12.4. The van der Waals surface area contributed by atoms with E-state index < -0.39 is 5.91 Å². The minimum Gasteiger partial charge on any atom is -0.507 e. The molecule has 116 valence electrons. The van der Waals surface area contributed by atoms with Gasteiger partial charge in [0.05, 0.1) is 23.4 Å². The summed E-state index contributed by atoms with van der Waals surface area (Å²) in [6.45, 7) is 0. The number of nitriles is 1. The third-order valence-corrected chi connectivity index (χ3v) is 3.53. The number of carbonyl (C=O) groups excluding carboxylic acids is 1. The summed E-state index contributed by atoms with van der Waals surface area (Å²) in [6, 6.07) is 19.4. The lowest BCUT2D eigenvalue weighted by Gasteiger charge is -2.07. The first-order valence-corrected chi connectivity index (χ1v) is 7.23. The molecular weight excluding hydrogens is 302 g/mol. The SMILES string of the molecule is N#Cc1cccc(/C=N/NC(=O)c2c(O)ccc3ccccc23)c1. The zero-order valence-corrected chi connectivity index (χ0v) is 12.6. The lowest BCUT2D eigenvalue weighted by molar-refractivity contribution is 0.0954. The molecule has 3 rings (SSSR count). The van der Waals surface area contributed by atoms with Crippen LogP contribution in [0.25, 0.3) is 10.8 Å². The van der Waals surface area contributed by atoms with Crippen molar-refractivity contribution in [1.29, 1.82) is 5.26 Å². The fraction of sp³-hybridized carbons (Fsp3) is 0. The number of benzene rings is 3. The molecule has 1 amide bonds. The molecule has 0 aliphatic rings. The highest BCUT2D eigenvalue weighted by atomic mass is 16.3. The van der Waals surface area contributed by atoms with E-state index in [2.05, 4.69) is 10.5 Å². The van der Waals surface area contributed by atoms with Gasteiger partial charge >= 0.3 is 0 Å². The van der Waals surface area contributed by atoms with Crippen LogP contribution in [0.2, 0.25) is 0 Å². The molecule has 5 nitrogen and oxygen atoms in total. The van der Waals surface area contributed by atoms with Crippen LogP contribution >= 0.6 is 0 Å². The molecule has 2 N–H and O–H groups in total. The third-order valence-electron chi connectivity index (χ3n) is 3.53. The smallest absolute Gasteiger partial charge is 0.275 e. The van der Waals surface area contributed by atoms with Crippen LogP contribution in [0.1, 0.15) is 21.5 Å². The number of nitrogens with one attached hydrogen (secondary N) is 1. The summed E-state index contributed by atoms with van der Waals surface area (Å²) in [6.07, 6.45) is 1.45. The van der Waals surface area contributed by atoms with Gasteiger partial charge in [-0.15, -0.1) is 0 Å². The fourth-order valence-corrected chi connectivity index (χ4v) is 2.41. The van der Waals surface area contributed by atoms with E-state index in [0.717, 1.165) is 5.39 Å². The van der Waals surface area contributed by atoms with Crippen molar-refractivity contribution in [1.82, 2.24) is 5.43 Å². The van der Waals surface area contributed by atoms with Crippen LogP contribution < -0.4 is 5.43 Å². The molecule has 3 aromatic carbocycles. The van der Waals surface area contributed by atoms with Crippen LogP contribution in [-0.4, -0.2) is 17.2 Å². The number of fused-ring (bicyclic) bond motifs is 1. The van der Waals surface area contributed by atoms with E-state index in [1.165, 1.54) is 12.3 Å². The van der Waals surface area contributed by atoms with Crippen molar-refractivity contribution < 1.29 is 9.90 Å². The van der Waals surface area contributed by atoms with E-state index in [9.17, 15) is 9.90 Å².